The monoisotopic (exact) mass is 528 g/mol. The van der Waals surface area contributed by atoms with Crippen molar-refractivity contribution in [3.05, 3.63) is 83.3 Å². The maximum Gasteiger partial charge on any atom is 0.274 e. The van der Waals surface area contributed by atoms with E-state index in [2.05, 4.69) is 52.8 Å². The van der Waals surface area contributed by atoms with Gasteiger partial charge in [-0.25, -0.2) is 4.98 Å². The lowest BCUT2D eigenvalue weighted by Gasteiger charge is -2.46. The van der Waals surface area contributed by atoms with E-state index < -0.39 is 0 Å². The molecule has 5 rings (SSSR count). The van der Waals surface area contributed by atoms with Gasteiger partial charge in [-0.1, -0.05) is 35.9 Å². The average Bonchev–Trinajstić information content (AvgIpc) is 3.09. The summed E-state index contributed by atoms with van der Waals surface area (Å²) >= 11 is 6.41. The fraction of sp³-hybridized carbons (Fsp3) is 0.393. The highest BCUT2D eigenvalue weighted by atomic mass is 35.5. The number of nitrogens with zero attached hydrogens (tertiary/aromatic N) is 5. The van der Waals surface area contributed by atoms with Crippen molar-refractivity contribution in [1.82, 2.24) is 19.8 Å². The second-order valence-corrected chi connectivity index (χ2v) is 11.3. The van der Waals surface area contributed by atoms with Gasteiger partial charge in [-0.3, -0.25) is 14.7 Å². The van der Waals surface area contributed by atoms with Crippen LogP contribution in [0.15, 0.2) is 67.0 Å². The van der Waals surface area contributed by atoms with Crippen molar-refractivity contribution in [2.75, 3.05) is 42.9 Å². The van der Waals surface area contributed by atoms with Crippen molar-refractivity contribution in [2.24, 2.45) is 0 Å². The largest absolute Gasteiger partial charge is 0.355 e. The van der Waals surface area contributed by atoms with Gasteiger partial charge >= 0.3 is 0 Å². The van der Waals surface area contributed by atoms with E-state index in [4.69, 9.17) is 16.6 Å². The van der Waals surface area contributed by atoms with Crippen LogP contribution in [0, 0.1) is 0 Å². The van der Waals surface area contributed by atoms with Crippen LogP contribution in [0.5, 0.6) is 0 Å². The molecule has 0 atom stereocenters. The number of nitrogens with one attached hydrogen (secondary N) is 1. The smallest absolute Gasteiger partial charge is 0.274 e. The second-order valence-electron chi connectivity index (χ2n) is 10.9. The molecule has 0 radical (unpaired) electrons. The van der Waals surface area contributed by atoms with Crippen LogP contribution in [0.2, 0.25) is 5.02 Å². The van der Waals surface area contributed by atoms with E-state index in [1.165, 1.54) is 5.56 Å². The third-order valence-electron chi connectivity index (χ3n) is 7.96. The maximum atomic E-state index is 12.8. The molecule has 2 aromatic heterocycles. The Morgan fingerprint density at radius 1 is 0.974 bits per heavy atom. The molecule has 38 heavy (non-hydrogen) atoms. The molecule has 1 N–H and O–H groups in total. The molecule has 0 aliphatic carbocycles. The lowest BCUT2D eigenvalue weighted by molar-refractivity contribution is 0.0866. The number of hydrogen-bond acceptors (Lipinski definition) is 6. The molecule has 2 aliphatic heterocycles. The lowest BCUT2D eigenvalue weighted by atomic mass is 9.58. The van der Waals surface area contributed by atoms with Crippen LogP contribution in [-0.2, 0) is 6.54 Å². The van der Waals surface area contributed by atoms with Gasteiger partial charge in [0, 0.05) is 55.3 Å². The number of aromatic nitrogens is 2. The van der Waals surface area contributed by atoms with Crippen LogP contribution >= 0.6 is 11.6 Å². The number of carbonyl (C=O) groups is 1. The van der Waals surface area contributed by atoms with Crippen molar-refractivity contribution in [1.29, 1.82) is 0 Å². The number of benzene rings is 1. The third-order valence-corrected chi connectivity index (χ3v) is 8.33. The minimum atomic E-state index is -0.210. The summed E-state index contributed by atoms with van der Waals surface area (Å²) in [7, 11) is 4.75. The second kappa shape index (κ2) is 11.9. The summed E-state index contributed by atoms with van der Waals surface area (Å²) in [5.41, 5.74) is 2.34. The molecule has 0 spiro atoms. The minimum absolute atomic E-state index is 0.0979. The van der Waals surface area contributed by atoms with E-state index in [-0.39, 0.29) is 11.2 Å². The van der Waals surface area contributed by atoms with Crippen molar-refractivity contribution < 1.29 is 4.79 Å². The Kier molecular flexibility index (Phi) is 8.36. The zero-order valence-corrected chi connectivity index (χ0v) is 23.1. The van der Waals surface area contributed by atoms with Gasteiger partial charge in [-0.05, 0) is 73.6 Å². The Labute approximate surface area is 232 Å². The molecule has 196 valence electrons. The normalized spacial score (nSPS) is 19.1. The van der Waals surface area contributed by atoms with Gasteiger partial charge in [0.25, 0.3) is 5.91 Å². The SMILES string of the molecule is BC1(B)CCN(c2cccc(C(=O)Nc3ccncc3)n2)CCN1C1CCN(Cc2ccccc2Cl)CC1. The summed E-state index contributed by atoms with van der Waals surface area (Å²) in [4.78, 5) is 29.1. The first-order valence-corrected chi connectivity index (χ1v) is 13.9. The predicted molar refractivity (Wildman–Crippen MR) is 160 cm³/mol. The highest BCUT2D eigenvalue weighted by molar-refractivity contribution is 6.40. The minimum Gasteiger partial charge on any atom is -0.355 e. The summed E-state index contributed by atoms with van der Waals surface area (Å²) in [5.74, 6) is 0.651. The number of amides is 1. The van der Waals surface area contributed by atoms with Crippen LogP contribution in [0.25, 0.3) is 0 Å². The highest BCUT2D eigenvalue weighted by Gasteiger charge is 2.36. The number of carbonyl (C=O) groups excluding carboxylic acids is 1. The Morgan fingerprint density at radius 2 is 1.74 bits per heavy atom. The Hall–Kier alpha value is -2.87. The Balaban J connectivity index is 1.20. The number of rotatable bonds is 6. The average molecular weight is 529 g/mol. The number of likely N-dealkylation sites (tertiary alicyclic amines) is 1. The molecule has 10 heteroatoms. The van der Waals surface area contributed by atoms with Crippen LogP contribution in [-0.4, -0.2) is 85.5 Å². The maximum absolute atomic E-state index is 12.8. The fourth-order valence-corrected chi connectivity index (χ4v) is 5.91. The standard InChI is InChI=1S/C28H35B2ClN6O/c29-28(30)12-17-36(26-7-3-6-25(34-26)27(38)33-22-8-13-32-14-9-22)18-19-37(28)23-10-15-35(16-11-23)20-21-4-1-2-5-24(21)31/h1-9,13-14,23H,10-12,15-20,29-30H2,(H,32,33,38). The summed E-state index contributed by atoms with van der Waals surface area (Å²) in [6, 6.07) is 18.0. The molecule has 4 heterocycles. The summed E-state index contributed by atoms with van der Waals surface area (Å²) < 4.78 is 0. The molecule has 0 saturated carbocycles. The number of halogens is 1. The van der Waals surface area contributed by atoms with Gasteiger partial charge in [-0.2, -0.15) is 0 Å². The molecule has 0 bridgehead atoms. The van der Waals surface area contributed by atoms with Crippen LogP contribution in [0.3, 0.4) is 0 Å². The van der Waals surface area contributed by atoms with E-state index in [1.54, 1.807) is 30.6 Å². The Bertz CT molecular complexity index is 1240. The number of hydrogen-bond donors (Lipinski definition) is 1. The van der Waals surface area contributed by atoms with Crippen LogP contribution < -0.4 is 10.2 Å². The molecular formula is C28H35B2ClN6O. The molecular weight excluding hydrogens is 493 g/mol. The van der Waals surface area contributed by atoms with Gasteiger partial charge in [-0.15, -0.1) is 0 Å². The first kappa shape index (κ1) is 26.7. The van der Waals surface area contributed by atoms with Gasteiger partial charge < -0.3 is 15.1 Å². The molecule has 3 aromatic rings. The molecule has 1 amide bonds. The zero-order valence-electron chi connectivity index (χ0n) is 22.3. The number of pyridine rings is 2. The number of piperidine rings is 1. The van der Waals surface area contributed by atoms with E-state index >= 15 is 0 Å². The molecule has 1 aromatic carbocycles. The lowest BCUT2D eigenvalue weighted by Crippen LogP contribution is -2.57. The molecule has 0 unspecified atom stereocenters. The summed E-state index contributed by atoms with van der Waals surface area (Å²) in [5, 5.41) is 3.86. The van der Waals surface area contributed by atoms with Crippen LogP contribution in [0.1, 0.15) is 35.3 Å². The van der Waals surface area contributed by atoms with Gasteiger partial charge in [0.2, 0.25) is 0 Å². The summed E-state index contributed by atoms with van der Waals surface area (Å²) in [6.07, 6.45) is 6.69. The van der Waals surface area contributed by atoms with E-state index in [9.17, 15) is 4.79 Å². The molecule has 2 aliphatic rings. The van der Waals surface area contributed by atoms with Crippen molar-refractivity contribution in [3.8, 4) is 0 Å². The Morgan fingerprint density at radius 3 is 2.50 bits per heavy atom. The zero-order chi connectivity index (χ0) is 26.5. The first-order valence-electron chi connectivity index (χ1n) is 13.5. The quantitative estimate of drug-likeness (QED) is 0.496. The predicted octanol–water partition coefficient (Wildman–Crippen LogP) is 2.48. The third kappa shape index (κ3) is 6.40. The van der Waals surface area contributed by atoms with Gasteiger partial charge in [0.15, 0.2) is 0 Å². The van der Waals surface area contributed by atoms with Gasteiger partial charge in [0.1, 0.15) is 27.2 Å². The topological polar surface area (TPSA) is 64.6 Å². The molecule has 2 fully saturated rings. The molecule has 2 saturated heterocycles. The number of anilines is 2. The van der Waals surface area contributed by atoms with E-state index in [0.29, 0.717) is 17.4 Å². The summed E-state index contributed by atoms with van der Waals surface area (Å²) in [6.45, 7) is 5.88. The van der Waals surface area contributed by atoms with Crippen molar-refractivity contribution in [2.45, 2.75) is 37.2 Å². The van der Waals surface area contributed by atoms with Crippen molar-refractivity contribution >= 4 is 44.7 Å². The van der Waals surface area contributed by atoms with E-state index in [0.717, 1.165) is 69.4 Å². The highest BCUT2D eigenvalue weighted by Crippen LogP contribution is 2.28. The van der Waals surface area contributed by atoms with Crippen molar-refractivity contribution in [3.63, 3.8) is 0 Å². The fourth-order valence-electron chi connectivity index (χ4n) is 5.71. The van der Waals surface area contributed by atoms with Crippen LogP contribution in [0.4, 0.5) is 11.5 Å². The molecule has 7 nitrogen and oxygen atoms in total. The first-order chi connectivity index (χ1) is 18.4. The van der Waals surface area contributed by atoms with E-state index in [1.807, 2.05) is 24.3 Å². The van der Waals surface area contributed by atoms with Gasteiger partial charge in [0.05, 0.1) is 0 Å².